The molecule has 0 amide bonds. The van der Waals surface area contributed by atoms with Gasteiger partial charge in [0.1, 0.15) is 0 Å². The molecule has 0 saturated carbocycles. The molecule has 0 bridgehead atoms. The van der Waals surface area contributed by atoms with E-state index in [1.807, 2.05) is 0 Å². The second-order valence-corrected chi connectivity index (χ2v) is 13.6. The Balaban J connectivity index is 1.05. The third-order valence-corrected chi connectivity index (χ3v) is 10.5. The number of para-hydroxylation sites is 2. The zero-order valence-electron chi connectivity index (χ0n) is 27.8. The Morgan fingerprint density at radius 1 is 0.540 bits per heavy atom. The molecule has 2 aliphatic carbocycles. The lowest BCUT2D eigenvalue weighted by Gasteiger charge is -2.12. The van der Waals surface area contributed by atoms with Gasteiger partial charge < -0.3 is 9.13 Å². The summed E-state index contributed by atoms with van der Waals surface area (Å²) >= 11 is 0. The summed E-state index contributed by atoms with van der Waals surface area (Å²) in [5.41, 5.74) is 18.1. The second-order valence-electron chi connectivity index (χ2n) is 13.6. The molecule has 1 unspecified atom stereocenters. The molecule has 10 rings (SSSR count). The van der Waals surface area contributed by atoms with Gasteiger partial charge in [-0.05, 0) is 108 Å². The van der Waals surface area contributed by atoms with E-state index in [4.69, 9.17) is 0 Å². The van der Waals surface area contributed by atoms with E-state index in [0.29, 0.717) is 5.92 Å². The zero-order valence-corrected chi connectivity index (χ0v) is 27.8. The molecule has 6 aromatic carbocycles. The molecule has 2 heterocycles. The van der Waals surface area contributed by atoms with Gasteiger partial charge >= 0.3 is 0 Å². The summed E-state index contributed by atoms with van der Waals surface area (Å²) in [6.45, 7) is 2.14. The van der Waals surface area contributed by atoms with Crippen molar-refractivity contribution in [3.05, 3.63) is 192 Å². The quantitative estimate of drug-likeness (QED) is 0.166. The first-order chi connectivity index (χ1) is 24.7. The highest BCUT2D eigenvalue weighted by Gasteiger charge is 2.17. The predicted molar refractivity (Wildman–Crippen MR) is 211 cm³/mol. The average Bonchev–Trinajstić information content (AvgIpc) is 3.89. The van der Waals surface area contributed by atoms with E-state index in [0.717, 1.165) is 17.7 Å². The SMILES string of the molecule is Cc1ccc(-n2c3ccccc3c3cc(-c4ccc5c(c4)c4ccccc4n5-c4ccc(C5=C=CC(C6C=CC=CC6)=C5)cc4)ccc32)cc1. The third kappa shape index (κ3) is 4.58. The molecule has 0 N–H and O–H groups in total. The van der Waals surface area contributed by atoms with Gasteiger partial charge in [0.25, 0.3) is 0 Å². The van der Waals surface area contributed by atoms with Crippen molar-refractivity contribution in [1.29, 1.82) is 0 Å². The summed E-state index contributed by atoms with van der Waals surface area (Å²) in [5.74, 6) is 0.438. The molecule has 236 valence electrons. The van der Waals surface area contributed by atoms with Crippen LogP contribution in [-0.4, -0.2) is 9.13 Å². The van der Waals surface area contributed by atoms with Crippen LogP contribution in [0.2, 0.25) is 0 Å². The molecule has 8 aromatic rings. The molecular formula is C48H34N2. The summed E-state index contributed by atoms with van der Waals surface area (Å²) in [7, 11) is 0. The number of aryl methyl sites for hydroxylation is 1. The molecule has 1 atom stereocenters. The predicted octanol–water partition coefficient (Wildman–Crippen LogP) is 12.5. The minimum absolute atomic E-state index is 0.438. The lowest BCUT2D eigenvalue weighted by atomic mass is 9.92. The zero-order chi connectivity index (χ0) is 33.2. The van der Waals surface area contributed by atoms with Crippen LogP contribution in [0.5, 0.6) is 0 Å². The minimum Gasteiger partial charge on any atom is -0.309 e. The Morgan fingerprint density at radius 3 is 1.66 bits per heavy atom. The van der Waals surface area contributed by atoms with Crippen LogP contribution in [0, 0.1) is 12.8 Å². The summed E-state index contributed by atoms with van der Waals surface area (Å²) in [6, 6.07) is 49.2. The maximum Gasteiger partial charge on any atom is 0.0541 e. The van der Waals surface area contributed by atoms with Crippen LogP contribution in [0.1, 0.15) is 17.5 Å². The Bertz CT molecular complexity index is 2810. The van der Waals surface area contributed by atoms with Crippen molar-refractivity contribution in [2.45, 2.75) is 13.3 Å². The fraction of sp³-hybridized carbons (Fsp3) is 0.0625. The van der Waals surface area contributed by atoms with Crippen LogP contribution in [0.25, 0.3) is 71.7 Å². The average molecular weight is 639 g/mol. The topological polar surface area (TPSA) is 9.86 Å². The van der Waals surface area contributed by atoms with E-state index < -0.39 is 0 Å². The van der Waals surface area contributed by atoms with Crippen molar-refractivity contribution in [1.82, 2.24) is 9.13 Å². The van der Waals surface area contributed by atoms with Gasteiger partial charge in [-0.2, -0.15) is 0 Å². The molecule has 0 spiro atoms. The summed E-state index contributed by atoms with van der Waals surface area (Å²) < 4.78 is 4.78. The largest absolute Gasteiger partial charge is 0.309 e. The van der Waals surface area contributed by atoms with Crippen molar-refractivity contribution in [2.75, 3.05) is 0 Å². The lowest BCUT2D eigenvalue weighted by molar-refractivity contribution is 0.789. The van der Waals surface area contributed by atoms with Crippen molar-refractivity contribution >= 4 is 49.2 Å². The van der Waals surface area contributed by atoms with Crippen LogP contribution in [0.15, 0.2) is 181 Å². The maximum atomic E-state index is 3.52. The number of aromatic nitrogens is 2. The van der Waals surface area contributed by atoms with Gasteiger partial charge in [-0.15, -0.1) is 5.73 Å². The maximum absolute atomic E-state index is 3.52. The summed E-state index contributed by atoms with van der Waals surface area (Å²) in [5, 5.41) is 5.05. The first-order valence-corrected chi connectivity index (χ1v) is 17.5. The molecule has 50 heavy (non-hydrogen) atoms. The molecule has 2 aliphatic rings. The Labute approximate surface area is 291 Å². The Kier molecular flexibility index (Phi) is 6.52. The number of hydrogen-bond acceptors (Lipinski definition) is 0. The highest BCUT2D eigenvalue weighted by molar-refractivity contribution is 6.12. The van der Waals surface area contributed by atoms with Crippen molar-refractivity contribution in [3.8, 4) is 22.5 Å². The van der Waals surface area contributed by atoms with Gasteiger partial charge in [0.05, 0.1) is 22.1 Å². The summed E-state index contributed by atoms with van der Waals surface area (Å²) in [4.78, 5) is 0. The van der Waals surface area contributed by atoms with Crippen molar-refractivity contribution in [3.63, 3.8) is 0 Å². The van der Waals surface area contributed by atoms with Gasteiger partial charge in [0.15, 0.2) is 0 Å². The standard InChI is InChI=1S/C48H34N2/c1-32-15-23-39(24-16-32)49-45-13-7-5-11-41(45)43-30-37(21-27-47(43)49)38-22-28-48-44(31-38)42-12-6-8-14-46(42)50(48)40-25-19-34(20-26-40)36-18-17-35(29-36)33-9-3-2-4-10-33/h2-9,11-17,19-31,33H,10H2,1H3. The first kappa shape index (κ1) is 28.7. The first-order valence-electron chi connectivity index (χ1n) is 17.5. The van der Waals surface area contributed by atoms with Crippen molar-refractivity contribution < 1.29 is 0 Å². The molecule has 2 heteroatoms. The number of benzene rings is 6. The number of nitrogens with zero attached hydrogens (tertiary/aromatic N) is 2. The molecule has 0 aliphatic heterocycles. The second kappa shape index (κ2) is 11.4. The smallest absolute Gasteiger partial charge is 0.0541 e. The fourth-order valence-corrected chi connectivity index (χ4v) is 7.96. The van der Waals surface area contributed by atoms with E-state index in [2.05, 4.69) is 192 Å². The molecule has 2 nitrogen and oxygen atoms in total. The van der Waals surface area contributed by atoms with Gasteiger partial charge in [-0.3, -0.25) is 0 Å². The molecule has 0 fully saturated rings. The van der Waals surface area contributed by atoms with Crippen LogP contribution < -0.4 is 0 Å². The Hall–Kier alpha value is -6.34. The van der Waals surface area contributed by atoms with Gasteiger partial charge in [-0.1, -0.05) is 103 Å². The van der Waals surface area contributed by atoms with E-state index in [-0.39, 0.29) is 0 Å². The van der Waals surface area contributed by atoms with E-state index in [1.54, 1.807) is 0 Å². The highest BCUT2D eigenvalue weighted by Crippen LogP contribution is 2.38. The number of allylic oxidation sites excluding steroid dienone is 7. The highest BCUT2D eigenvalue weighted by atomic mass is 15.0. The van der Waals surface area contributed by atoms with E-state index in [9.17, 15) is 0 Å². The Morgan fingerprint density at radius 2 is 1.08 bits per heavy atom. The van der Waals surface area contributed by atoms with E-state index >= 15 is 0 Å². The lowest BCUT2D eigenvalue weighted by Crippen LogP contribution is -1.99. The van der Waals surface area contributed by atoms with Gasteiger partial charge in [-0.25, -0.2) is 0 Å². The normalized spacial score (nSPS) is 15.5. The van der Waals surface area contributed by atoms with Crippen molar-refractivity contribution in [2.24, 2.45) is 5.92 Å². The van der Waals surface area contributed by atoms with Crippen LogP contribution >= 0.6 is 0 Å². The number of rotatable bonds is 5. The molecule has 2 aromatic heterocycles. The third-order valence-electron chi connectivity index (χ3n) is 10.5. The van der Waals surface area contributed by atoms with Crippen LogP contribution in [0.3, 0.4) is 0 Å². The van der Waals surface area contributed by atoms with Crippen LogP contribution in [0.4, 0.5) is 0 Å². The summed E-state index contributed by atoms with van der Waals surface area (Å²) in [6.07, 6.45) is 14.3. The number of fused-ring (bicyclic) bond motifs is 6. The molecule has 0 saturated heterocycles. The van der Waals surface area contributed by atoms with Gasteiger partial charge in [0.2, 0.25) is 0 Å². The monoisotopic (exact) mass is 638 g/mol. The van der Waals surface area contributed by atoms with E-state index in [1.165, 1.54) is 77.1 Å². The number of hydrogen-bond donors (Lipinski definition) is 0. The fourth-order valence-electron chi connectivity index (χ4n) is 7.96. The minimum atomic E-state index is 0.438. The van der Waals surface area contributed by atoms with Gasteiger partial charge in [0, 0.05) is 44.4 Å². The van der Waals surface area contributed by atoms with Crippen LogP contribution in [-0.2, 0) is 0 Å². The molecule has 0 radical (unpaired) electrons. The molecular weight excluding hydrogens is 605 g/mol.